The minimum absolute atomic E-state index is 0.157. The second-order valence-electron chi connectivity index (χ2n) is 3.51. The van der Waals surface area contributed by atoms with Crippen molar-refractivity contribution in [2.45, 2.75) is 6.92 Å². The number of hydrogen-bond acceptors (Lipinski definition) is 6. The summed E-state index contributed by atoms with van der Waals surface area (Å²) >= 11 is 0. The highest BCUT2D eigenvalue weighted by atomic mass is 16.5. The molecule has 0 aromatic heterocycles. The molecular formula is C12H20N2O4. The standard InChI is InChI=1S/C12H20N2O4/c1-6-8-14(13(3)4)9-10(11(15)17-5)12(16)18-7-2/h6,9H,1,7-8H2,2-5H3/b10-9+. The van der Waals surface area contributed by atoms with E-state index in [1.807, 2.05) is 0 Å². The fourth-order valence-electron chi connectivity index (χ4n) is 1.12. The fraction of sp³-hybridized carbons (Fsp3) is 0.500. The van der Waals surface area contributed by atoms with Gasteiger partial charge in [-0.3, -0.25) is 0 Å². The van der Waals surface area contributed by atoms with Gasteiger partial charge in [0, 0.05) is 20.3 Å². The average molecular weight is 256 g/mol. The Hall–Kier alpha value is -1.82. The molecule has 0 amide bonds. The Balaban J connectivity index is 5.19. The molecule has 0 fully saturated rings. The minimum Gasteiger partial charge on any atom is -0.465 e. The molecule has 0 unspecified atom stereocenters. The van der Waals surface area contributed by atoms with E-state index < -0.39 is 11.9 Å². The number of rotatable bonds is 7. The Kier molecular flexibility index (Phi) is 7.46. The smallest absolute Gasteiger partial charge is 0.347 e. The van der Waals surface area contributed by atoms with Gasteiger partial charge in [-0.15, -0.1) is 6.58 Å². The zero-order valence-corrected chi connectivity index (χ0v) is 11.3. The molecule has 6 heteroatoms. The Morgan fingerprint density at radius 1 is 1.28 bits per heavy atom. The summed E-state index contributed by atoms with van der Waals surface area (Å²) in [5, 5.41) is 3.35. The summed E-state index contributed by atoms with van der Waals surface area (Å²) in [6.45, 7) is 5.92. The van der Waals surface area contributed by atoms with Crippen LogP contribution in [0, 0.1) is 0 Å². The van der Waals surface area contributed by atoms with Crippen LogP contribution in [0.4, 0.5) is 0 Å². The van der Waals surface area contributed by atoms with Crippen LogP contribution in [-0.4, -0.2) is 56.3 Å². The summed E-state index contributed by atoms with van der Waals surface area (Å²) in [7, 11) is 4.77. The predicted octanol–water partition coefficient (Wildman–Crippen LogP) is 0.571. The van der Waals surface area contributed by atoms with Gasteiger partial charge < -0.3 is 14.5 Å². The molecule has 0 aliphatic heterocycles. The number of hydrazine groups is 1. The molecule has 0 heterocycles. The van der Waals surface area contributed by atoms with Gasteiger partial charge in [0.15, 0.2) is 5.57 Å². The Labute approximate surface area is 107 Å². The molecule has 0 saturated carbocycles. The monoisotopic (exact) mass is 256 g/mol. The van der Waals surface area contributed by atoms with Crippen LogP contribution < -0.4 is 0 Å². The summed E-state index contributed by atoms with van der Waals surface area (Å²) in [4.78, 5) is 23.2. The lowest BCUT2D eigenvalue weighted by atomic mass is 10.3. The SMILES string of the molecule is C=CCN(/C=C(\C(=O)OC)C(=O)OCC)N(C)C. The van der Waals surface area contributed by atoms with Crippen molar-refractivity contribution >= 4 is 11.9 Å². The fourth-order valence-corrected chi connectivity index (χ4v) is 1.12. The first-order valence-corrected chi connectivity index (χ1v) is 5.49. The lowest BCUT2D eigenvalue weighted by molar-refractivity contribution is -0.145. The highest BCUT2D eigenvalue weighted by Gasteiger charge is 2.22. The van der Waals surface area contributed by atoms with E-state index in [4.69, 9.17) is 4.74 Å². The van der Waals surface area contributed by atoms with E-state index in [0.29, 0.717) is 6.54 Å². The lowest BCUT2D eigenvalue weighted by Crippen LogP contribution is -2.34. The molecule has 0 aromatic rings. The maximum absolute atomic E-state index is 11.6. The molecule has 0 atom stereocenters. The van der Waals surface area contributed by atoms with Gasteiger partial charge in [-0.05, 0) is 6.92 Å². The maximum atomic E-state index is 11.6. The van der Waals surface area contributed by atoms with E-state index in [-0.39, 0.29) is 12.2 Å². The molecule has 0 aliphatic carbocycles. The van der Waals surface area contributed by atoms with E-state index in [1.54, 1.807) is 37.1 Å². The Morgan fingerprint density at radius 2 is 1.89 bits per heavy atom. The molecule has 0 aliphatic rings. The van der Waals surface area contributed by atoms with Gasteiger partial charge >= 0.3 is 11.9 Å². The molecule has 0 aromatic carbocycles. The van der Waals surface area contributed by atoms with Crippen molar-refractivity contribution in [3.63, 3.8) is 0 Å². The number of nitrogens with zero attached hydrogens (tertiary/aromatic N) is 2. The molecule has 0 spiro atoms. The number of carbonyl (C=O) groups is 2. The molecule has 0 rings (SSSR count). The van der Waals surface area contributed by atoms with E-state index in [1.165, 1.54) is 13.3 Å². The molecule has 18 heavy (non-hydrogen) atoms. The Bertz CT molecular complexity index is 337. The summed E-state index contributed by atoms with van der Waals surface area (Å²) in [6.07, 6.45) is 3.03. The first-order valence-electron chi connectivity index (χ1n) is 5.49. The van der Waals surface area contributed by atoms with E-state index in [9.17, 15) is 9.59 Å². The van der Waals surface area contributed by atoms with Gasteiger partial charge in [0.05, 0.1) is 20.3 Å². The van der Waals surface area contributed by atoms with Crippen LogP contribution in [0.2, 0.25) is 0 Å². The zero-order chi connectivity index (χ0) is 14.1. The molecule has 0 N–H and O–H groups in total. The highest BCUT2D eigenvalue weighted by Crippen LogP contribution is 2.05. The second-order valence-corrected chi connectivity index (χ2v) is 3.51. The van der Waals surface area contributed by atoms with Crippen molar-refractivity contribution in [3.8, 4) is 0 Å². The van der Waals surface area contributed by atoms with Crippen molar-refractivity contribution in [3.05, 3.63) is 24.4 Å². The van der Waals surface area contributed by atoms with Crippen molar-refractivity contribution < 1.29 is 19.1 Å². The third-order valence-electron chi connectivity index (χ3n) is 2.01. The average Bonchev–Trinajstić information content (AvgIpc) is 2.33. The predicted molar refractivity (Wildman–Crippen MR) is 67.3 cm³/mol. The lowest BCUT2D eigenvalue weighted by Gasteiger charge is -2.26. The number of esters is 2. The van der Waals surface area contributed by atoms with Crippen molar-refractivity contribution in [2.75, 3.05) is 34.4 Å². The summed E-state index contributed by atoms with van der Waals surface area (Å²) in [5.41, 5.74) is -0.157. The van der Waals surface area contributed by atoms with E-state index in [2.05, 4.69) is 11.3 Å². The van der Waals surface area contributed by atoms with Gasteiger partial charge in [-0.1, -0.05) is 6.08 Å². The Morgan fingerprint density at radius 3 is 2.28 bits per heavy atom. The van der Waals surface area contributed by atoms with Gasteiger partial charge in [-0.2, -0.15) is 0 Å². The van der Waals surface area contributed by atoms with Crippen LogP contribution in [0.3, 0.4) is 0 Å². The van der Waals surface area contributed by atoms with E-state index in [0.717, 1.165) is 0 Å². The van der Waals surface area contributed by atoms with Crippen LogP contribution >= 0.6 is 0 Å². The maximum Gasteiger partial charge on any atom is 0.347 e. The van der Waals surface area contributed by atoms with Crippen molar-refractivity contribution in [1.29, 1.82) is 0 Å². The van der Waals surface area contributed by atoms with Crippen LogP contribution in [-0.2, 0) is 19.1 Å². The number of hydrogen-bond donors (Lipinski definition) is 0. The molecule has 0 radical (unpaired) electrons. The molecule has 102 valence electrons. The normalized spacial score (nSPS) is 11.1. The summed E-state index contributed by atoms with van der Waals surface area (Å²) < 4.78 is 9.37. The van der Waals surface area contributed by atoms with Gasteiger partial charge in [0.25, 0.3) is 0 Å². The largest absolute Gasteiger partial charge is 0.465 e. The minimum atomic E-state index is -0.732. The molecular weight excluding hydrogens is 236 g/mol. The van der Waals surface area contributed by atoms with Gasteiger partial charge in [0.2, 0.25) is 0 Å². The number of methoxy groups -OCH3 is 1. The first kappa shape index (κ1) is 16.2. The van der Waals surface area contributed by atoms with Crippen LogP contribution in [0.25, 0.3) is 0 Å². The topological polar surface area (TPSA) is 59.1 Å². The summed E-state index contributed by atoms with van der Waals surface area (Å²) in [6, 6.07) is 0. The quantitative estimate of drug-likeness (QED) is 0.166. The van der Waals surface area contributed by atoms with Crippen LogP contribution in [0.5, 0.6) is 0 Å². The third kappa shape index (κ3) is 5.01. The van der Waals surface area contributed by atoms with Crippen LogP contribution in [0.15, 0.2) is 24.4 Å². The van der Waals surface area contributed by atoms with E-state index >= 15 is 0 Å². The molecule has 0 bridgehead atoms. The zero-order valence-electron chi connectivity index (χ0n) is 11.3. The van der Waals surface area contributed by atoms with Crippen molar-refractivity contribution in [1.82, 2.24) is 10.0 Å². The van der Waals surface area contributed by atoms with Gasteiger partial charge in [-0.25, -0.2) is 14.6 Å². The van der Waals surface area contributed by atoms with Crippen molar-refractivity contribution in [2.24, 2.45) is 0 Å². The molecule has 0 saturated heterocycles. The first-order chi connectivity index (χ1) is 8.47. The second kappa shape index (κ2) is 8.30. The van der Waals surface area contributed by atoms with Gasteiger partial charge in [0.1, 0.15) is 0 Å². The summed E-state index contributed by atoms with van der Waals surface area (Å²) in [5.74, 6) is -1.44. The number of ether oxygens (including phenoxy) is 2. The van der Waals surface area contributed by atoms with Crippen LogP contribution in [0.1, 0.15) is 6.92 Å². The number of carbonyl (C=O) groups excluding carboxylic acids is 2. The third-order valence-corrected chi connectivity index (χ3v) is 2.01. The highest BCUT2D eigenvalue weighted by molar-refractivity contribution is 6.13. The molecule has 6 nitrogen and oxygen atoms in total.